The van der Waals surface area contributed by atoms with E-state index in [1.807, 2.05) is 0 Å². The Bertz CT molecular complexity index is 113. The molecule has 4 nitrogen and oxygen atoms in total. The minimum Gasteiger partial charge on any atom is -0.396 e. The summed E-state index contributed by atoms with van der Waals surface area (Å²) in [4.78, 5) is 0. The number of aliphatic hydroxyl groups excluding tert-OH is 3. The molecule has 0 unspecified atom stereocenters. The number of hydrogen-bond acceptors (Lipinski definition) is 4. The summed E-state index contributed by atoms with van der Waals surface area (Å²) in [6.45, 7) is 0.295. The van der Waals surface area contributed by atoms with Gasteiger partial charge in [0.2, 0.25) is 0 Å². The molecular formula is C7H15NO3. The molecule has 1 aliphatic rings. The summed E-state index contributed by atoms with van der Waals surface area (Å²) in [5, 5.41) is 27.4. The SMILES string of the molecule is NC[C@H]1C[C@H](CO)[C@@H](O)[C@@H]1O. The molecule has 11 heavy (non-hydrogen) atoms. The summed E-state index contributed by atoms with van der Waals surface area (Å²) < 4.78 is 0. The van der Waals surface area contributed by atoms with Crippen LogP contribution in [-0.4, -0.2) is 40.7 Å². The van der Waals surface area contributed by atoms with E-state index in [0.29, 0.717) is 13.0 Å². The minimum atomic E-state index is -0.798. The third kappa shape index (κ3) is 1.54. The highest BCUT2D eigenvalue weighted by molar-refractivity contribution is 4.90. The van der Waals surface area contributed by atoms with Crippen LogP contribution in [0.2, 0.25) is 0 Å². The van der Waals surface area contributed by atoms with Gasteiger partial charge in [0.1, 0.15) is 0 Å². The van der Waals surface area contributed by atoms with E-state index in [2.05, 4.69) is 0 Å². The lowest BCUT2D eigenvalue weighted by Gasteiger charge is -2.14. The lowest BCUT2D eigenvalue weighted by Crippen LogP contribution is -2.31. The summed E-state index contributed by atoms with van der Waals surface area (Å²) >= 11 is 0. The molecule has 1 rings (SSSR count). The second-order valence-corrected chi connectivity index (χ2v) is 3.16. The van der Waals surface area contributed by atoms with E-state index in [1.165, 1.54) is 0 Å². The van der Waals surface area contributed by atoms with Crippen molar-refractivity contribution in [1.82, 2.24) is 0 Å². The average molecular weight is 161 g/mol. The van der Waals surface area contributed by atoms with Crippen LogP contribution in [0.15, 0.2) is 0 Å². The predicted octanol–water partition coefficient (Wildman–Crippen LogP) is -1.70. The van der Waals surface area contributed by atoms with Gasteiger partial charge in [-0.3, -0.25) is 0 Å². The Morgan fingerprint density at radius 1 is 1.18 bits per heavy atom. The Balaban J connectivity index is 2.53. The maximum Gasteiger partial charge on any atom is 0.0852 e. The number of aliphatic hydroxyl groups is 3. The van der Waals surface area contributed by atoms with Gasteiger partial charge in [-0.25, -0.2) is 0 Å². The number of rotatable bonds is 2. The Morgan fingerprint density at radius 2 is 1.73 bits per heavy atom. The third-order valence-electron chi connectivity index (χ3n) is 2.46. The van der Waals surface area contributed by atoms with Gasteiger partial charge >= 0.3 is 0 Å². The Kier molecular flexibility index (Phi) is 2.84. The minimum absolute atomic E-state index is 0.0536. The number of nitrogens with two attached hydrogens (primary N) is 1. The lowest BCUT2D eigenvalue weighted by atomic mass is 10.1. The number of hydrogen-bond donors (Lipinski definition) is 4. The second-order valence-electron chi connectivity index (χ2n) is 3.16. The summed E-state index contributed by atoms with van der Waals surface area (Å²) in [6, 6.07) is 0. The molecule has 4 atom stereocenters. The average Bonchev–Trinajstić information content (AvgIpc) is 2.30. The first kappa shape index (κ1) is 8.93. The van der Waals surface area contributed by atoms with E-state index in [-0.39, 0.29) is 18.4 Å². The van der Waals surface area contributed by atoms with Crippen molar-refractivity contribution in [2.24, 2.45) is 17.6 Å². The monoisotopic (exact) mass is 161 g/mol. The molecular weight excluding hydrogens is 146 g/mol. The van der Waals surface area contributed by atoms with Gasteiger partial charge in [0.05, 0.1) is 12.2 Å². The quantitative estimate of drug-likeness (QED) is 0.388. The molecule has 4 heteroatoms. The van der Waals surface area contributed by atoms with E-state index < -0.39 is 12.2 Å². The van der Waals surface area contributed by atoms with Gasteiger partial charge in [-0.05, 0) is 13.0 Å². The molecule has 1 saturated carbocycles. The van der Waals surface area contributed by atoms with Crippen molar-refractivity contribution >= 4 is 0 Å². The highest BCUT2D eigenvalue weighted by Crippen LogP contribution is 2.30. The second kappa shape index (κ2) is 3.49. The summed E-state index contributed by atoms with van der Waals surface area (Å²) in [5.41, 5.74) is 5.35. The van der Waals surface area contributed by atoms with Crippen LogP contribution in [0.3, 0.4) is 0 Å². The molecule has 0 bridgehead atoms. The van der Waals surface area contributed by atoms with Crippen molar-refractivity contribution in [2.45, 2.75) is 18.6 Å². The van der Waals surface area contributed by atoms with Crippen molar-refractivity contribution in [3.8, 4) is 0 Å². The Labute approximate surface area is 65.6 Å². The van der Waals surface area contributed by atoms with E-state index in [4.69, 9.17) is 10.8 Å². The molecule has 5 N–H and O–H groups in total. The van der Waals surface area contributed by atoms with Crippen LogP contribution >= 0.6 is 0 Å². The zero-order valence-corrected chi connectivity index (χ0v) is 6.35. The van der Waals surface area contributed by atoms with Gasteiger partial charge in [0, 0.05) is 18.4 Å². The fraction of sp³-hybridized carbons (Fsp3) is 1.00. The van der Waals surface area contributed by atoms with E-state index in [1.54, 1.807) is 0 Å². The molecule has 1 aliphatic carbocycles. The summed E-state index contributed by atoms with van der Waals surface area (Å²) in [7, 11) is 0. The van der Waals surface area contributed by atoms with Crippen LogP contribution in [0.1, 0.15) is 6.42 Å². The fourth-order valence-electron chi connectivity index (χ4n) is 1.64. The van der Waals surface area contributed by atoms with Crippen molar-refractivity contribution in [1.29, 1.82) is 0 Å². The maximum absolute atomic E-state index is 9.32. The van der Waals surface area contributed by atoms with Gasteiger partial charge in [0.15, 0.2) is 0 Å². The zero-order chi connectivity index (χ0) is 8.43. The van der Waals surface area contributed by atoms with E-state index in [0.717, 1.165) is 0 Å². The zero-order valence-electron chi connectivity index (χ0n) is 6.35. The third-order valence-corrected chi connectivity index (χ3v) is 2.46. The van der Waals surface area contributed by atoms with Crippen molar-refractivity contribution < 1.29 is 15.3 Å². The summed E-state index contributed by atoms with van der Waals surface area (Å²) in [5.74, 6) is -0.249. The first-order chi connectivity index (χ1) is 5.20. The molecule has 0 radical (unpaired) electrons. The van der Waals surface area contributed by atoms with E-state index >= 15 is 0 Å². The molecule has 0 spiro atoms. The predicted molar refractivity (Wildman–Crippen MR) is 39.8 cm³/mol. The largest absolute Gasteiger partial charge is 0.396 e. The normalized spacial score (nSPS) is 44.7. The van der Waals surface area contributed by atoms with Crippen LogP contribution in [0.25, 0.3) is 0 Å². The molecule has 66 valence electrons. The molecule has 0 aromatic carbocycles. The highest BCUT2D eigenvalue weighted by Gasteiger charge is 2.39. The Morgan fingerprint density at radius 3 is 2.00 bits per heavy atom. The van der Waals surface area contributed by atoms with Gasteiger partial charge in [-0.15, -0.1) is 0 Å². The highest BCUT2D eigenvalue weighted by atomic mass is 16.3. The topological polar surface area (TPSA) is 86.7 Å². The molecule has 0 heterocycles. The van der Waals surface area contributed by atoms with Crippen LogP contribution in [0, 0.1) is 11.8 Å². The standard InChI is InChI=1S/C7H15NO3/c8-2-4-1-5(3-9)7(11)6(4)10/h4-7,9-11H,1-3,8H2/t4-,5-,6-,7-/m1/s1. The van der Waals surface area contributed by atoms with Crippen molar-refractivity contribution in [3.63, 3.8) is 0 Å². The lowest BCUT2D eigenvalue weighted by molar-refractivity contribution is -0.00476. The smallest absolute Gasteiger partial charge is 0.0852 e. The molecule has 0 aromatic rings. The van der Waals surface area contributed by atoms with Crippen LogP contribution in [-0.2, 0) is 0 Å². The molecule has 0 saturated heterocycles. The molecule has 0 aliphatic heterocycles. The Hall–Kier alpha value is -0.160. The molecule has 1 fully saturated rings. The van der Waals surface area contributed by atoms with Crippen molar-refractivity contribution in [3.05, 3.63) is 0 Å². The maximum atomic E-state index is 9.32. The van der Waals surface area contributed by atoms with Crippen molar-refractivity contribution in [2.75, 3.05) is 13.2 Å². The molecule has 0 aromatic heterocycles. The first-order valence-electron chi connectivity index (χ1n) is 3.87. The van der Waals surface area contributed by atoms with Gasteiger partial charge in [-0.1, -0.05) is 0 Å². The van der Waals surface area contributed by atoms with Crippen LogP contribution in [0.5, 0.6) is 0 Å². The van der Waals surface area contributed by atoms with Crippen LogP contribution < -0.4 is 5.73 Å². The first-order valence-corrected chi connectivity index (χ1v) is 3.87. The molecule has 0 amide bonds. The summed E-state index contributed by atoms with van der Waals surface area (Å²) in [6.07, 6.45) is -0.930. The van der Waals surface area contributed by atoms with Crippen LogP contribution in [0.4, 0.5) is 0 Å². The fourth-order valence-corrected chi connectivity index (χ4v) is 1.64. The van der Waals surface area contributed by atoms with Gasteiger partial charge < -0.3 is 21.1 Å². The van der Waals surface area contributed by atoms with E-state index in [9.17, 15) is 10.2 Å². The van der Waals surface area contributed by atoms with Gasteiger partial charge in [-0.2, -0.15) is 0 Å². The van der Waals surface area contributed by atoms with Gasteiger partial charge in [0.25, 0.3) is 0 Å².